The van der Waals surface area contributed by atoms with E-state index in [0.29, 0.717) is 12.2 Å². The van der Waals surface area contributed by atoms with Gasteiger partial charge in [0.05, 0.1) is 3.79 Å². The molecule has 20 heavy (non-hydrogen) atoms. The fraction of sp³-hybridized carbons (Fsp3) is 0.438. The zero-order chi connectivity index (χ0) is 14.3. The van der Waals surface area contributed by atoms with Crippen LogP contribution >= 0.6 is 27.3 Å². The summed E-state index contributed by atoms with van der Waals surface area (Å²) in [6.07, 6.45) is 4.76. The van der Waals surface area contributed by atoms with Crippen LogP contribution in [0.25, 0.3) is 0 Å². The Labute approximate surface area is 131 Å². The van der Waals surface area contributed by atoms with Gasteiger partial charge in [0, 0.05) is 35.3 Å². The van der Waals surface area contributed by atoms with Gasteiger partial charge in [-0.2, -0.15) is 0 Å². The minimum atomic E-state index is 0.0894. The average Bonchev–Trinajstić information content (AvgIpc) is 2.92. The molecular weight excluding hydrogens is 334 g/mol. The maximum absolute atomic E-state index is 12.2. The van der Waals surface area contributed by atoms with Crippen LogP contribution in [0.3, 0.4) is 0 Å². The Morgan fingerprint density at radius 2 is 2.10 bits per heavy atom. The van der Waals surface area contributed by atoms with Crippen molar-refractivity contribution in [1.82, 2.24) is 4.57 Å². The van der Waals surface area contributed by atoms with Gasteiger partial charge in [-0.1, -0.05) is 13.8 Å². The fourth-order valence-corrected chi connectivity index (χ4v) is 4.40. The summed E-state index contributed by atoms with van der Waals surface area (Å²) in [4.78, 5) is 13.6. The Bertz CT molecular complexity index is 653. The summed E-state index contributed by atoms with van der Waals surface area (Å²) < 4.78 is 3.44. The number of rotatable bonds is 3. The summed E-state index contributed by atoms with van der Waals surface area (Å²) in [6.45, 7) is 5.31. The van der Waals surface area contributed by atoms with Crippen LogP contribution < -0.4 is 0 Å². The Morgan fingerprint density at radius 1 is 1.30 bits per heavy atom. The molecule has 2 aromatic heterocycles. The molecule has 0 spiro atoms. The van der Waals surface area contributed by atoms with E-state index >= 15 is 0 Å². The first-order valence-electron chi connectivity index (χ1n) is 6.90. The molecular formula is C16H18BrNOS. The van der Waals surface area contributed by atoms with Gasteiger partial charge in [0.25, 0.3) is 0 Å². The SMILES string of the molecule is CC1(C)CC(=O)c2ccn(CCc3ccc(Br)s3)c2C1. The molecule has 0 amide bonds. The molecule has 0 atom stereocenters. The van der Waals surface area contributed by atoms with Crippen LogP contribution in [0.4, 0.5) is 0 Å². The molecule has 2 heterocycles. The molecule has 4 heteroatoms. The van der Waals surface area contributed by atoms with Gasteiger partial charge in [0.2, 0.25) is 0 Å². The normalized spacial score (nSPS) is 17.2. The number of carbonyl (C=O) groups excluding carboxylic acids is 1. The summed E-state index contributed by atoms with van der Waals surface area (Å²) in [6, 6.07) is 6.26. The molecule has 106 valence electrons. The van der Waals surface area contributed by atoms with Crippen LogP contribution in [-0.2, 0) is 19.4 Å². The molecule has 0 unspecified atom stereocenters. The highest BCUT2D eigenvalue weighted by atomic mass is 79.9. The molecule has 0 aromatic carbocycles. The van der Waals surface area contributed by atoms with Gasteiger partial charge < -0.3 is 4.57 Å². The second-order valence-electron chi connectivity index (χ2n) is 6.27. The molecule has 1 aliphatic carbocycles. The third-order valence-electron chi connectivity index (χ3n) is 3.89. The predicted octanol–water partition coefficient (Wildman–Crippen LogP) is 4.71. The minimum Gasteiger partial charge on any atom is -0.350 e. The van der Waals surface area contributed by atoms with E-state index in [4.69, 9.17) is 0 Å². The second-order valence-corrected chi connectivity index (χ2v) is 8.81. The molecule has 2 nitrogen and oxygen atoms in total. The van der Waals surface area contributed by atoms with Gasteiger partial charge in [0.1, 0.15) is 0 Å². The molecule has 0 radical (unpaired) electrons. The lowest BCUT2D eigenvalue weighted by Gasteiger charge is -2.29. The molecule has 0 saturated heterocycles. The second kappa shape index (κ2) is 5.15. The largest absolute Gasteiger partial charge is 0.350 e. The maximum Gasteiger partial charge on any atom is 0.165 e. The van der Waals surface area contributed by atoms with Gasteiger partial charge in [-0.15, -0.1) is 11.3 Å². The van der Waals surface area contributed by atoms with Crippen LogP contribution in [0.2, 0.25) is 0 Å². The Morgan fingerprint density at radius 3 is 2.80 bits per heavy atom. The lowest BCUT2D eigenvalue weighted by Crippen LogP contribution is -2.28. The number of nitrogens with zero attached hydrogens (tertiary/aromatic N) is 1. The highest BCUT2D eigenvalue weighted by Crippen LogP contribution is 2.35. The standard InChI is InChI=1S/C16H18BrNOS/c1-16(2)9-13-12(14(19)10-16)6-8-18(13)7-5-11-3-4-15(17)20-11/h3-4,6,8H,5,7,9-10H2,1-2H3. The zero-order valence-electron chi connectivity index (χ0n) is 11.8. The number of carbonyl (C=O) groups is 1. The molecule has 2 aromatic rings. The smallest absolute Gasteiger partial charge is 0.165 e. The number of hydrogen-bond donors (Lipinski definition) is 0. The Balaban J connectivity index is 1.80. The number of ketones is 1. The van der Waals surface area contributed by atoms with E-state index < -0.39 is 0 Å². The Kier molecular flexibility index (Phi) is 3.63. The molecule has 0 saturated carbocycles. The van der Waals surface area contributed by atoms with Gasteiger partial charge in [0.15, 0.2) is 5.78 Å². The molecule has 0 aliphatic heterocycles. The third-order valence-corrected chi connectivity index (χ3v) is 5.58. The van der Waals surface area contributed by atoms with Gasteiger partial charge >= 0.3 is 0 Å². The summed E-state index contributed by atoms with van der Waals surface area (Å²) in [5.74, 6) is 0.300. The third kappa shape index (κ3) is 2.77. The van der Waals surface area contributed by atoms with Crippen LogP contribution in [-0.4, -0.2) is 10.4 Å². The van der Waals surface area contributed by atoms with Crippen LogP contribution in [0.5, 0.6) is 0 Å². The number of halogens is 1. The van der Waals surface area contributed by atoms with Crippen molar-refractivity contribution in [3.8, 4) is 0 Å². The summed E-state index contributed by atoms with van der Waals surface area (Å²) >= 11 is 5.28. The number of fused-ring (bicyclic) bond motifs is 1. The molecule has 0 N–H and O–H groups in total. The van der Waals surface area contributed by atoms with E-state index in [9.17, 15) is 4.79 Å². The van der Waals surface area contributed by atoms with Gasteiger partial charge in [-0.3, -0.25) is 4.79 Å². The lowest BCUT2D eigenvalue weighted by molar-refractivity contribution is 0.0910. The van der Waals surface area contributed by atoms with E-state index in [1.165, 1.54) is 14.4 Å². The summed E-state index contributed by atoms with van der Waals surface area (Å²) in [5, 5.41) is 0. The van der Waals surface area contributed by atoms with Crippen molar-refractivity contribution >= 4 is 33.0 Å². The number of hydrogen-bond acceptors (Lipinski definition) is 2. The lowest BCUT2D eigenvalue weighted by atomic mass is 9.76. The van der Waals surface area contributed by atoms with Crippen LogP contribution in [0.1, 0.15) is 41.2 Å². The van der Waals surface area contributed by atoms with E-state index in [2.05, 4.69) is 52.7 Å². The van der Waals surface area contributed by atoms with Crippen molar-refractivity contribution in [1.29, 1.82) is 0 Å². The Hall–Kier alpha value is -0.870. The average molecular weight is 352 g/mol. The quantitative estimate of drug-likeness (QED) is 0.784. The highest BCUT2D eigenvalue weighted by molar-refractivity contribution is 9.11. The van der Waals surface area contributed by atoms with E-state index in [0.717, 1.165) is 24.9 Å². The van der Waals surface area contributed by atoms with Crippen molar-refractivity contribution in [2.45, 2.75) is 39.7 Å². The minimum absolute atomic E-state index is 0.0894. The topological polar surface area (TPSA) is 22.0 Å². The predicted molar refractivity (Wildman–Crippen MR) is 86.6 cm³/mol. The molecule has 3 rings (SSSR count). The first-order valence-corrected chi connectivity index (χ1v) is 8.51. The van der Waals surface area contributed by atoms with Gasteiger partial charge in [-0.25, -0.2) is 0 Å². The van der Waals surface area contributed by atoms with Crippen molar-refractivity contribution in [3.63, 3.8) is 0 Å². The number of thiophene rings is 1. The van der Waals surface area contributed by atoms with E-state index in [1.54, 1.807) is 11.3 Å². The molecule has 0 fully saturated rings. The molecule has 1 aliphatic rings. The van der Waals surface area contributed by atoms with Crippen molar-refractivity contribution in [2.75, 3.05) is 0 Å². The van der Waals surface area contributed by atoms with Crippen molar-refractivity contribution in [2.24, 2.45) is 5.41 Å². The first kappa shape index (κ1) is 14.1. The van der Waals surface area contributed by atoms with Crippen LogP contribution in [0, 0.1) is 5.41 Å². The fourth-order valence-electron chi connectivity index (χ4n) is 2.93. The highest BCUT2D eigenvalue weighted by Gasteiger charge is 2.32. The summed E-state index contributed by atoms with van der Waals surface area (Å²) in [5.41, 5.74) is 2.25. The van der Waals surface area contributed by atoms with Crippen molar-refractivity contribution < 1.29 is 4.79 Å². The van der Waals surface area contributed by atoms with Gasteiger partial charge in [-0.05, 0) is 52.4 Å². The summed E-state index contributed by atoms with van der Waals surface area (Å²) in [7, 11) is 0. The number of Topliss-reactive ketones (excluding diaryl/α,β-unsaturated/α-hetero) is 1. The van der Waals surface area contributed by atoms with E-state index in [-0.39, 0.29) is 5.41 Å². The monoisotopic (exact) mass is 351 g/mol. The van der Waals surface area contributed by atoms with Crippen LogP contribution in [0.15, 0.2) is 28.2 Å². The number of aryl methyl sites for hydroxylation is 2. The number of aromatic nitrogens is 1. The first-order chi connectivity index (χ1) is 9.44. The molecule has 0 bridgehead atoms. The van der Waals surface area contributed by atoms with E-state index in [1.807, 2.05) is 6.07 Å². The maximum atomic E-state index is 12.2. The zero-order valence-corrected chi connectivity index (χ0v) is 14.2. The van der Waals surface area contributed by atoms with Crippen molar-refractivity contribution in [3.05, 3.63) is 44.3 Å².